The quantitative estimate of drug-likeness (QED) is 0.764. The normalized spacial score (nSPS) is 12.2. The van der Waals surface area contributed by atoms with E-state index in [2.05, 4.69) is 6.92 Å². The summed E-state index contributed by atoms with van der Waals surface area (Å²) >= 11 is 0. The van der Waals surface area contributed by atoms with E-state index < -0.39 is 0 Å². The lowest BCUT2D eigenvalue weighted by molar-refractivity contribution is 0.313. The molecule has 0 aromatic heterocycles. The SMILES string of the molecule is CCCCC(C)c1cc(O)c(OC)c(OC)c1O. The molecule has 2 N–H and O–H groups in total. The van der Waals surface area contributed by atoms with Gasteiger partial charge < -0.3 is 19.7 Å². The zero-order chi connectivity index (χ0) is 13.7. The standard InChI is InChI=1S/C14H22O4/c1-5-6-7-9(2)10-8-11(15)13(17-3)14(18-4)12(10)16/h8-9,15-16H,5-7H2,1-4H3. The molecule has 0 saturated heterocycles. The zero-order valence-electron chi connectivity index (χ0n) is 11.5. The van der Waals surface area contributed by atoms with E-state index in [9.17, 15) is 10.2 Å². The highest BCUT2D eigenvalue weighted by Crippen LogP contribution is 2.48. The maximum absolute atomic E-state index is 10.2. The number of ether oxygens (including phenoxy) is 2. The van der Waals surface area contributed by atoms with E-state index in [1.807, 2.05) is 6.92 Å². The first-order chi connectivity index (χ1) is 8.56. The predicted octanol–water partition coefficient (Wildman–Crippen LogP) is 3.41. The van der Waals surface area contributed by atoms with Gasteiger partial charge in [-0.1, -0.05) is 26.7 Å². The molecule has 0 aliphatic carbocycles. The summed E-state index contributed by atoms with van der Waals surface area (Å²) in [5.41, 5.74) is 0.693. The van der Waals surface area contributed by atoms with Gasteiger partial charge in [0, 0.05) is 5.56 Å². The van der Waals surface area contributed by atoms with Crippen LogP contribution in [0.3, 0.4) is 0 Å². The van der Waals surface area contributed by atoms with Gasteiger partial charge in [0.15, 0.2) is 11.5 Å². The van der Waals surface area contributed by atoms with Gasteiger partial charge in [0.25, 0.3) is 0 Å². The van der Waals surface area contributed by atoms with Gasteiger partial charge in [0.05, 0.1) is 14.2 Å². The van der Waals surface area contributed by atoms with Gasteiger partial charge in [-0.2, -0.15) is 0 Å². The lowest BCUT2D eigenvalue weighted by Crippen LogP contribution is -1.99. The van der Waals surface area contributed by atoms with Gasteiger partial charge in [0.2, 0.25) is 11.5 Å². The van der Waals surface area contributed by atoms with Crippen LogP contribution in [0.2, 0.25) is 0 Å². The highest BCUT2D eigenvalue weighted by atomic mass is 16.5. The lowest BCUT2D eigenvalue weighted by Gasteiger charge is -2.18. The van der Waals surface area contributed by atoms with E-state index >= 15 is 0 Å². The second-order valence-electron chi connectivity index (χ2n) is 4.44. The summed E-state index contributed by atoms with van der Waals surface area (Å²) in [5.74, 6) is 0.564. The third-order valence-electron chi connectivity index (χ3n) is 3.15. The third-order valence-corrected chi connectivity index (χ3v) is 3.15. The van der Waals surface area contributed by atoms with E-state index in [1.165, 1.54) is 14.2 Å². The smallest absolute Gasteiger partial charge is 0.207 e. The molecule has 102 valence electrons. The van der Waals surface area contributed by atoms with Crippen LogP contribution in [-0.2, 0) is 0 Å². The van der Waals surface area contributed by atoms with Crippen LogP contribution in [0.5, 0.6) is 23.0 Å². The minimum Gasteiger partial charge on any atom is -0.504 e. The zero-order valence-corrected chi connectivity index (χ0v) is 11.5. The fourth-order valence-corrected chi connectivity index (χ4v) is 2.06. The minimum atomic E-state index is -0.00880. The summed E-state index contributed by atoms with van der Waals surface area (Å²) in [6, 6.07) is 1.55. The van der Waals surface area contributed by atoms with Gasteiger partial charge in [-0.3, -0.25) is 0 Å². The summed E-state index contributed by atoms with van der Waals surface area (Å²) < 4.78 is 10.1. The van der Waals surface area contributed by atoms with Crippen molar-refractivity contribution in [3.05, 3.63) is 11.6 Å². The largest absolute Gasteiger partial charge is 0.504 e. The molecule has 0 radical (unpaired) electrons. The maximum atomic E-state index is 10.2. The van der Waals surface area contributed by atoms with E-state index in [-0.39, 0.29) is 28.9 Å². The summed E-state index contributed by atoms with van der Waals surface area (Å²) in [4.78, 5) is 0. The second-order valence-corrected chi connectivity index (χ2v) is 4.44. The molecule has 1 atom stereocenters. The molecule has 0 fully saturated rings. The Hall–Kier alpha value is -1.58. The minimum absolute atomic E-state index is 0.00880. The molecule has 4 heteroatoms. The molecule has 1 aromatic carbocycles. The fourth-order valence-electron chi connectivity index (χ4n) is 2.06. The van der Waals surface area contributed by atoms with Crippen molar-refractivity contribution >= 4 is 0 Å². The Morgan fingerprint density at radius 3 is 2.28 bits per heavy atom. The molecule has 1 unspecified atom stereocenters. The Kier molecular flexibility index (Phi) is 5.13. The highest BCUT2D eigenvalue weighted by molar-refractivity contribution is 5.62. The first-order valence-corrected chi connectivity index (χ1v) is 6.23. The molecule has 0 aliphatic heterocycles. The Morgan fingerprint density at radius 2 is 1.78 bits per heavy atom. The van der Waals surface area contributed by atoms with Crippen LogP contribution in [0.4, 0.5) is 0 Å². The molecular weight excluding hydrogens is 232 g/mol. The topological polar surface area (TPSA) is 58.9 Å². The Morgan fingerprint density at radius 1 is 1.17 bits per heavy atom. The van der Waals surface area contributed by atoms with Crippen molar-refractivity contribution in [3.63, 3.8) is 0 Å². The average Bonchev–Trinajstić information content (AvgIpc) is 2.37. The Labute approximate surface area is 108 Å². The number of phenolic OH excluding ortho intramolecular Hbond substituents is 2. The van der Waals surface area contributed by atoms with Gasteiger partial charge in [-0.15, -0.1) is 0 Å². The van der Waals surface area contributed by atoms with Gasteiger partial charge in [-0.05, 0) is 18.4 Å². The first-order valence-electron chi connectivity index (χ1n) is 6.23. The number of methoxy groups -OCH3 is 2. The van der Waals surface area contributed by atoms with Gasteiger partial charge >= 0.3 is 0 Å². The van der Waals surface area contributed by atoms with Crippen LogP contribution in [0.1, 0.15) is 44.6 Å². The number of hydrogen-bond acceptors (Lipinski definition) is 4. The van der Waals surface area contributed by atoms with E-state index in [4.69, 9.17) is 9.47 Å². The van der Waals surface area contributed by atoms with Crippen LogP contribution in [0, 0.1) is 0 Å². The number of aromatic hydroxyl groups is 2. The van der Waals surface area contributed by atoms with Crippen molar-refractivity contribution in [2.75, 3.05) is 14.2 Å². The summed E-state index contributed by atoms with van der Waals surface area (Å²) in [7, 11) is 2.87. The molecule has 0 amide bonds. The predicted molar refractivity (Wildman–Crippen MR) is 70.8 cm³/mol. The van der Waals surface area contributed by atoms with E-state index in [1.54, 1.807) is 6.07 Å². The molecule has 0 bridgehead atoms. The van der Waals surface area contributed by atoms with Crippen molar-refractivity contribution in [2.24, 2.45) is 0 Å². The molecule has 0 heterocycles. The maximum Gasteiger partial charge on any atom is 0.207 e. The Balaban J connectivity index is 3.17. The summed E-state index contributed by atoms with van der Waals surface area (Å²) in [5, 5.41) is 20.1. The molecule has 0 saturated carbocycles. The lowest BCUT2D eigenvalue weighted by atomic mass is 9.94. The van der Waals surface area contributed by atoms with Crippen LogP contribution in [0.25, 0.3) is 0 Å². The van der Waals surface area contributed by atoms with Crippen LogP contribution >= 0.6 is 0 Å². The molecule has 0 aliphatic rings. The molecule has 1 aromatic rings. The number of rotatable bonds is 6. The van der Waals surface area contributed by atoms with Gasteiger partial charge in [-0.25, -0.2) is 0 Å². The summed E-state index contributed by atoms with van der Waals surface area (Å²) in [6.45, 7) is 4.15. The van der Waals surface area contributed by atoms with E-state index in [0.717, 1.165) is 19.3 Å². The number of unbranched alkanes of at least 4 members (excludes halogenated alkanes) is 1. The third kappa shape index (κ3) is 2.81. The number of phenols is 2. The molecule has 0 spiro atoms. The van der Waals surface area contributed by atoms with Crippen LogP contribution in [0.15, 0.2) is 6.07 Å². The number of benzene rings is 1. The van der Waals surface area contributed by atoms with Crippen molar-refractivity contribution in [1.82, 2.24) is 0 Å². The van der Waals surface area contributed by atoms with E-state index in [0.29, 0.717) is 5.56 Å². The van der Waals surface area contributed by atoms with Crippen LogP contribution in [-0.4, -0.2) is 24.4 Å². The van der Waals surface area contributed by atoms with Crippen molar-refractivity contribution in [3.8, 4) is 23.0 Å². The fraction of sp³-hybridized carbons (Fsp3) is 0.571. The highest BCUT2D eigenvalue weighted by Gasteiger charge is 2.21. The van der Waals surface area contributed by atoms with Crippen molar-refractivity contribution in [1.29, 1.82) is 0 Å². The van der Waals surface area contributed by atoms with Crippen molar-refractivity contribution in [2.45, 2.75) is 39.0 Å². The molecule has 18 heavy (non-hydrogen) atoms. The summed E-state index contributed by atoms with van der Waals surface area (Å²) in [6.07, 6.45) is 3.14. The molecular formula is C14H22O4. The monoisotopic (exact) mass is 254 g/mol. The Bertz CT molecular complexity index is 401. The van der Waals surface area contributed by atoms with Crippen molar-refractivity contribution < 1.29 is 19.7 Å². The molecule has 4 nitrogen and oxygen atoms in total. The average molecular weight is 254 g/mol. The number of hydrogen-bond donors (Lipinski definition) is 2. The van der Waals surface area contributed by atoms with Gasteiger partial charge in [0.1, 0.15) is 0 Å². The van der Waals surface area contributed by atoms with Crippen LogP contribution < -0.4 is 9.47 Å². The second kappa shape index (κ2) is 6.38. The first kappa shape index (κ1) is 14.5. The molecule has 1 rings (SSSR count).